The number of amides is 1. The Balaban J connectivity index is 1.84. The van der Waals surface area contributed by atoms with Gasteiger partial charge in [0, 0.05) is 18.8 Å². The Kier molecular flexibility index (Phi) is 5.02. The van der Waals surface area contributed by atoms with E-state index in [-0.39, 0.29) is 17.6 Å². The van der Waals surface area contributed by atoms with E-state index in [0.29, 0.717) is 18.7 Å². The number of hydrogen-bond donors (Lipinski definition) is 1. The van der Waals surface area contributed by atoms with Crippen LogP contribution in [-0.4, -0.2) is 27.2 Å². The molecule has 1 unspecified atom stereocenters. The summed E-state index contributed by atoms with van der Waals surface area (Å²) in [6, 6.07) is 8.17. The zero-order valence-corrected chi connectivity index (χ0v) is 15.5. The fourth-order valence-corrected chi connectivity index (χ4v) is 3.13. The van der Waals surface area contributed by atoms with Gasteiger partial charge in [0.2, 0.25) is 0 Å². The number of rotatable bonds is 5. The Morgan fingerprint density at radius 1 is 1.27 bits per heavy atom. The minimum atomic E-state index is -0.261. The Bertz CT molecular complexity index is 947. The molecule has 0 saturated carbocycles. The van der Waals surface area contributed by atoms with Gasteiger partial charge < -0.3 is 5.32 Å². The number of halogens is 1. The van der Waals surface area contributed by atoms with Crippen LogP contribution < -0.4 is 5.32 Å². The highest BCUT2D eigenvalue weighted by Gasteiger charge is 2.19. The van der Waals surface area contributed by atoms with Crippen LogP contribution in [0.2, 0.25) is 0 Å². The number of fused-ring (bicyclic) bond motifs is 1. The molecular formula is C20H23FN4O. The van der Waals surface area contributed by atoms with Crippen LogP contribution in [0.1, 0.15) is 47.1 Å². The largest absolute Gasteiger partial charge is 0.351 e. The number of pyridine rings is 1. The van der Waals surface area contributed by atoms with Crippen LogP contribution in [0.4, 0.5) is 4.39 Å². The van der Waals surface area contributed by atoms with Crippen LogP contribution >= 0.6 is 0 Å². The van der Waals surface area contributed by atoms with Crippen molar-refractivity contribution in [2.75, 3.05) is 6.54 Å². The monoisotopic (exact) mass is 354 g/mol. The van der Waals surface area contributed by atoms with E-state index in [4.69, 9.17) is 0 Å². The maximum Gasteiger partial charge on any atom is 0.252 e. The molecule has 3 aromatic rings. The molecule has 3 rings (SSSR count). The Morgan fingerprint density at radius 2 is 1.96 bits per heavy atom. The predicted molar refractivity (Wildman–Crippen MR) is 99.8 cm³/mol. The van der Waals surface area contributed by atoms with Crippen LogP contribution in [0.3, 0.4) is 0 Å². The summed E-state index contributed by atoms with van der Waals surface area (Å²) in [7, 11) is 0. The average molecular weight is 354 g/mol. The van der Waals surface area contributed by atoms with Crippen LogP contribution in [-0.2, 0) is 6.54 Å². The van der Waals surface area contributed by atoms with E-state index in [2.05, 4.69) is 15.4 Å². The van der Waals surface area contributed by atoms with Crippen LogP contribution in [0.25, 0.3) is 11.0 Å². The minimum absolute atomic E-state index is 0.0810. The lowest BCUT2D eigenvalue weighted by molar-refractivity contribution is 0.0953. The Labute approximate surface area is 152 Å². The Morgan fingerprint density at radius 3 is 2.62 bits per heavy atom. The summed E-state index contributed by atoms with van der Waals surface area (Å²) in [6.07, 6.45) is 0. The number of carbonyl (C=O) groups is 1. The van der Waals surface area contributed by atoms with Gasteiger partial charge >= 0.3 is 0 Å². The van der Waals surface area contributed by atoms with Gasteiger partial charge in [-0.1, -0.05) is 19.1 Å². The molecule has 0 aliphatic carbocycles. The third-order valence-corrected chi connectivity index (χ3v) is 4.56. The maximum atomic E-state index is 13.1. The van der Waals surface area contributed by atoms with Crippen molar-refractivity contribution in [2.24, 2.45) is 0 Å². The zero-order valence-electron chi connectivity index (χ0n) is 15.5. The van der Waals surface area contributed by atoms with E-state index in [1.807, 2.05) is 32.4 Å². The highest BCUT2D eigenvalue weighted by atomic mass is 19.1. The van der Waals surface area contributed by atoms with Crippen LogP contribution in [0.5, 0.6) is 0 Å². The van der Waals surface area contributed by atoms with Gasteiger partial charge in [-0.15, -0.1) is 0 Å². The summed E-state index contributed by atoms with van der Waals surface area (Å²) in [6.45, 7) is 8.93. The summed E-state index contributed by atoms with van der Waals surface area (Å²) in [5.41, 5.74) is 3.89. The third-order valence-electron chi connectivity index (χ3n) is 4.56. The molecule has 0 aliphatic rings. The van der Waals surface area contributed by atoms with E-state index in [1.54, 1.807) is 18.2 Å². The van der Waals surface area contributed by atoms with Crippen molar-refractivity contribution < 1.29 is 9.18 Å². The topological polar surface area (TPSA) is 59.8 Å². The quantitative estimate of drug-likeness (QED) is 0.759. The first kappa shape index (κ1) is 18.0. The molecule has 2 heterocycles. The summed E-state index contributed by atoms with van der Waals surface area (Å²) in [4.78, 5) is 17.4. The van der Waals surface area contributed by atoms with Crippen molar-refractivity contribution in [3.05, 3.63) is 58.7 Å². The lowest BCUT2D eigenvalue weighted by Gasteiger charge is -2.14. The summed E-state index contributed by atoms with van der Waals surface area (Å²) < 4.78 is 14.9. The number of aromatic nitrogens is 3. The molecule has 0 spiro atoms. The minimum Gasteiger partial charge on any atom is -0.351 e. The van der Waals surface area contributed by atoms with Crippen molar-refractivity contribution in [2.45, 2.75) is 40.2 Å². The molecule has 2 aromatic heterocycles. The molecule has 5 nitrogen and oxygen atoms in total. The molecule has 136 valence electrons. The number of carbonyl (C=O) groups excluding carboxylic acids is 1. The molecule has 26 heavy (non-hydrogen) atoms. The highest BCUT2D eigenvalue weighted by molar-refractivity contribution is 6.06. The molecule has 1 atom stereocenters. The number of aryl methyl sites for hydroxylation is 3. The summed E-state index contributed by atoms with van der Waals surface area (Å²) in [5, 5.41) is 8.27. The first-order valence-corrected chi connectivity index (χ1v) is 8.79. The first-order chi connectivity index (χ1) is 12.4. The molecule has 0 radical (unpaired) electrons. The van der Waals surface area contributed by atoms with Gasteiger partial charge in [-0.05, 0) is 50.5 Å². The van der Waals surface area contributed by atoms with E-state index in [9.17, 15) is 9.18 Å². The standard InChI is InChI=1S/C20H23FN4O/c1-5-25-19-18(14(4)24-25)17(10-13(3)23-19)20(26)22-11-12(2)15-6-8-16(21)9-7-15/h6-10,12H,5,11H2,1-4H3,(H,22,26). The van der Waals surface area contributed by atoms with Gasteiger partial charge in [-0.3, -0.25) is 4.79 Å². The molecule has 0 bridgehead atoms. The number of benzene rings is 1. The maximum absolute atomic E-state index is 13.1. The van der Waals surface area contributed by atoms with Gasteiger partial charge in [-0.25, -0.2) is 14.1 Å². The van der Waals surface area contributed by atoms with Crippen molar-refractivity contribution in [1.29, 1.82) is 0 Å². The normalized spacial score (nSPS) is 12.3. The second-order valence-electron chi connectivity index (χ2n) is 6.57. The summed E-state index contributed by atoms with van der Waals surface area (Å²) >= 11 is 0. The Hall–Kier alpha value is -2.76. The molecule has 1 amide bonds. The molecule has 1 N–H and O–H groups in total. The molecule has 0 saturated heterocycles. The highest BCUT2D eigenvalue weighted by Crippen LogP contribution is 2.22. The zero-order chi connectivity index (χ0) is 18.8. The fraction of sp³-hybridized carbons (Fsp3) is 0.350. The second-order valence-corrected chi connectivity index (χ2v) is 6.57. The molecular weight excluding hydrogens is 331 g/mol. The van der Waals surface area contributed by atoms with Crippen LogP contribution in [0.15, 0.2) is 30.3 Å². The van der Waals surface area contributed by atoms with Crippen molar-refractivity contribution in [1.82, 2.24) is 20.1 Å². The molecule has 0 fully saturated rings. The number of nitrogens with one attached hydrogen (secondary N) is 1. The lowest BCUT2D eigenvalue weighted by atomic mass is 10.0. The van der Waals surface area contributed by atoms with Crippen molar-refractivity contribution >= 4 is 16.9 Å². The van der Waals surface area contributed by atoms with Crippen molar-refractivity contribution in [3.63, 3.8) is 0 Å². The lowest BCUT2D eigenvalue weighted by Crippen LogP contribution is -2.28. The number of nitrogens with zero attached hydrogens (tertiary/aromatic N) is 3. The first-order valence-electron chi connectivity index (χ1n) is 8.79. The average Bonchev–Trinajstić information content (AvgIpc) is 2.95. The fourth-order valence-electron chi connectivity index (χ4n) is 3.13. The SMILES string of the molecule is CCn1nc(C)c2c(C(=O)NCC(C)c3ccc(F)cc3)cc(C)nc21. The van der Waals surface area contributed by atoms with Crippen LogP contribution in [0, 0.1) is 19.7 Å². The van der Waals surface area contributed by atoms with Gasteiger partial charge in [-0.2, -0.15) is 5.10 Å². The van der Waals surface area contributed by atoms with E-state index in [1.165, 1.54) is 12.1 Å². The van der Waals surface area contributed by atoms with Gasteiger partial charge in [0.15, 0.2) is 5.65 Å². The third kappa shape index (κ3) is 3.45. The molecule has 6 heteroatoms. The van der Waals surface area contributed by atoms with E-state index < -0.39 is 0 Å². The smallest absolute Gasteiger partial charge is 0.252 e. The van der Waals surface area contributed by atoms with E-state index >= 15 is 0 Å². The van der Waals surface area contributed by atoms with E-state index in [0.717, 1.165) is 28.0 Å². The second kappa shape index (κ2) is 7.23. The van der Waals surface area contributed by atoms with Gasteiger partial charge in [0.1, 0.15) is 5.82 Å². The predicted octanol–water partition coefficient (Wildman–Crippen LogP) is 3.74. The molecule has 1 aromatic carbocycles. The number of hydrogen-bond acceptors (Lipinski definition) is 3. The molecule has 0 aliphatic heterocycles. The van der Waals surface area contributed by atoms with Gasteiger partial charge in [0.05, 0.1) is 16.6 Å². The summed E-state index contributed by atoms with van der Waals surface area (Å²) in [5.74, 6) is -0.325. The van der Waals surface area contributed by atoms with Crippen molar-refractivity contribution in [3.8, 4) is 0 Å². The van der Waals surface area contributed by atoms with Gasteiger partial charge in [0.25, 0.3) is 5.91 Å².